The van der Waals surface area contributed by atoms with Crippen LogP contribution in [0.1, 0.15) is 18.5 Å². The van der Waals surface area contributed by atoms with E-state index in [2.05, 4.69) is 0 Å². The largest absolute Gasteiger partial charge is 0.493 e. The zero-order valence-corrected chi connectivity index (χ0v) is 9.40. The molecule has 0 aromatic heterocycles. The van der Waals surface area contributed by atoms with Crippen molar-refractivity contribution in [2.45, 2.75) is 13.0 Å². The number of benzene rings is 1. The fraction of sp³-hybridized carbons (Fsp3) is 0.364. The molecule has 1 aromatic rings. The molecule has 0 saturated heterocycles. The van der Waals surface area contributed by atoms with Crippen LogP contribution in [0.2, 0.25) is 0 Å². The van der Waals surface area contributed by atoms with Crippen LogP contribution in [0.3, 0.4) is 0 Å². The molecule has 0 bridgehead atoms. The molecule has 1 amide bonds. The minimum absolute atomic E-state index is 0.0842. The van der Waals surface area contributed by atoms with Crippen molar-refractivity contribution >= 4 is 5.91 Å². The van der Waals surface area contributed by atoms with Crippen molar-refractivity contribution in [3.8, 4) is 11.5 Å². The number of nitrogens with two attached hydrogens (primary N) is 2. The molecule has 1 atom stereocenters. The fourth-order valence-electron chi connectivity index (χ4n) is 1.24. The van der Waals surface area contributed by atoms with E-state index in [1.54, 1.807) is 12.1 Å². The van der Waals surface area contributed by atoms with Crippen molar-refractivity contribution in [2.24, 2.45) is 11.5 Å². The Kier molecular flexibility index (Phi) is 4.13. The summed E-state index contributed by atoms with van der Waals surface area (Å²) in [5.41, 5.74) is 11.7. The minimum Gasteiger partial charge on any atom is -0.493 e. The van der Waals surface area contributed by atoms with Crippen LogP contribution in [-0.2, 0) is 4.79 Å². The molecular formula is C11H16N2O3. The van der Waals surface area contributed by atoms with Crippen LogP contribution in [0.4, 0.5) is 0 Å². The summed E-state index contributed by atoms with van der Waals surface area (Å²) in [4.78, 5) is 10.6. The number of primary amides is 1. The molecule has 1 unspecified atom stereocenters. The van der Waals surface area contributed by atoms with Gasteiger partial charge in [0.2, 0.25) is 0 Å². The van der Waals surface area contributed by atoms with E-state index in [0.717, 1.165) is 5.56 Å². The molecule has 0 heterocycles. The maximum absolute atomic E-state index is 10.6. The smallest absolute Gasteiger partial charge is 0.255 e. The minimum atomic E-state index is -0.529. The Bertz CT molecular complexity index is 377. The van der Waals surface area contributed by atoms with Crippen molar-refractivity contribution in [3.05, 3.63) is 23.8 Å². The second kappa shape index (κ2) is 5.37. The Balaban J connectivity index is 2.88. The summed E-state index contributed by atoms with van der Waals surface area (Å²) in [6, 6.07) is 5.23. The molecular weight excluding hydrogens is 208 g/mol. The quantitative estimate of drug-likeness (QED) is 0.765. The van der Waals surface area contributed by atoms with E-state index in [0.29, 0.717) is 11.5 Å². The van der Waals surface area contributed by atoms with Gasteiger partial charge in [0.1, 0.15) is 0 Å². The molecule has 0 aliphatic carbocycles. The molecule has 0 aliphatic heterocycles. The molecule has 0 aliphatic rings. The number of carbonyl (C=O) groups is 1. The maximum Gasteiger partial charge on any atom is 0.255 e. The van der Waals surface area contributed by atoms with Gasteiger partial charge in [-0.1, -0.05) is 6.07 Å². The van der Waals surface area contributed by atoms with Crippen LogP contribution in [0.25, 0.3) is 0 Å². The summed E-state index contributed by atoms with van der Waals surface area (Å²) in [6.45, 7) is 1.70. The van der Waals surface area contributed by atoms with Crippen molar-refractivity contribution in [3.63, 3.8) is 0 Å². The van der Waals surface area contributed by atoms with E-state index in [1.807, 2.05) is 13.0 Å². The number of hydrogen-bond acceptors (Lipinski definition) is 4. The van der Waals surface area contributed by atoms with Gasteiger partial charge in [0.05, 0.1) is 7.11 Å². The first-order valence-electron chi connectivity index (χ1n) is 4.89. The summed E-state index contributed by atoms with van der Waals surface area (Å²) in [5, 5.41) is 0. The molecule has 1 aromatic carbocycles. The van der Waals surface area contributed by atoms with E-state index >= 15 is 0 Å². The second-order valence-corrected chi connectivity index (χ2v) is 3.45. The van der Waals surface area contributed by atoms with Gasteiger partial charge in [0.15, 0.2) is 18.1 Å². The first-order chi connectivity index (χ1) is 7.54. The van der Waals surface area contributed by atoms with Gasteiger partial charge in [0, 0.05) is 6.04 Å². The number of ether oxygens (including phenoxy) is 2. The fourth-order valence-corrected chi connectivity index (χ4v) is 1.24. The average Bonchev–Trinajstić information content (AvgIpc) is 2.25. The van der Waals surface area contributed by atoms with E-state index < -0.39 is 5.91 Å². The highest BCUT2D eigenvalue weighted by Crippen LogP contribution is 2.29. The van der Waals surface area contributed by atoms with Crippen LogP contribution in [0, 0.1) is 0 Å². The molecule has 5 heteroatoms. The van der Waals surface area contributed by atoms with Crippen LogP contribution < -0.4 is 20.9 Å². The van der Waals surface area contributed by atoms with Crippen molar-refractivity contribution in [1.82, 2.24) is 0 Å². The lowest BCUT2D eigenvalue weighted by Crippen LogP contribution is -2.20. The average molecular weight is 224 g/mol. The van der Waals surface area contributed by atoms with Crippen LogP contribution in [0.15, 0.2) is 18.2 Å². The number of rotatable bonds is 5. The second-order valence-electron chi connectivity index (χ2n) is 3.45. The lowest BCUT2D eigenvalue weighted by atomic mass is 10.1. The number of hydrogen-bond donors (Lipinski definition) is 2. The molecule has 0 radical (unpaired) electrons. The van der Waals surface area contributed by atoms with Crippen LogP contribution in [0.5, 0.6) is 11.5 Å². The van der Waals surface area contributed by atoms with Crippen molar-refractivity contribution < 1.29 is 14.3 Å². The number of carbonyl (C=O) groups excluding carboxylic acids is 1. The van der Waals surface area contributed by atoms with E-state index in [4.69, 9.17) is 20.9 Å². The third-order valence-electron chi connectivity index (χ3n) is 2.08. The Morgan fingerprint density at radius 2 is 2.12 bits per heavy atom. The van der Waals surface area contributed by atoms with Crippen molar-refractivity contribution in [1.29, 1.82) is 0 Å². The van der Waals surface area contributed by atoms with Gasteiger partial charge in [-0.05, 0) is 24.6 Å². The molecule has 0 fully saturated rings. The van der Waals surface area contributed by atoms with E-state index in [1.165, 1.54) is 7.11 Å². The van der Waals surface area contributed by atoms with E-state index in [9.17, 15) is 4.79 Å². The number of methoxy groups -OCH3 is 1. The van der Waals surface area contributed by atoms with Gasteiger partial charge in [-0.3, -0.25) is 4.79 Å². The lowest BCUT2D eigenvalue weighted by Gasteiger charge is -2.12. The van der Waals surface area contributed by atoms with E-state index in [-0.39, 0.29) is 12.6 Å². The van der Waals surface area contributed by atoms with Gasteiger partial charge < -0.3 is 20.9 Å². The highest BCUT2D eigenvalue weighted by atomic mass is 16.5. The predicted octanol–water partition coefficient (Wildman–Crippen LogP) is 0.579. The summed E-state index contributed by atoms with van der Waals surface area (Å²) < 4.78 is 10.3. The summed E-state index contributed by atoms with van der Waals surface area (Å²) >= 11 is 0. The molecule has 16 heavy (non-hydrogen) atoms. The lowest BCUT2D eigenvalue weighted by molar-refractivity contribution is -0.119. The predicted molar refractivity (Wildman–Crippen MR) is 60.3 cm³/mol. The van der Waals surface area contributed by atoms with Gasteiger partial charge in [0.25, 0.3) is 5.91 Å². The first-order valence-corrected chi connectivity index (χ1v) is 4.89. The van der Waals surface area contributed by atoms with Crippen LogP contribution in [-0.4, -0.2) is 19.6 Å². The topological polar surface area (TPSA) is 87.6 Å². The Morgan fingerprint density at radius 3 is 2.62 bits per heavy atom. The number of amides is 1. The molecule has 88 valence electrons. The monoisotopic (exact) mass is 224 g/mol. The summed E-state index contributed by atoms with van der Waals surface area (Å²) in [5.74, 6) is 0.486. The van der Waals surface area contributed by atoms with Crippen LogP contribution >= 0.6 is 0 Å². The SMILES string of the molecule is COc1cc(C(C)N)ccc1OCC(N)=O. The van der Waals surface area contributed by atoms with Gasteiger partial charge >= 0.3 is 0 Å². The van der Waals surface area contributed by atoms with Gasteiger partial charge in [-0.25, -0.2) is 0 Å². The summed E-state index contributed by atoms with van der Waals surface area (Å²) in [7, 11) is 1.53. The van der Waals surface area contributed by atoms with Gasteiger partial charge in [-0.2, -0.15) is 0 Å². The molecule has 1 rings (SSSR count). The van der Waals surface area contributed by atoms with Gasteiger partial charge in [-0.15, -0.1) is 0 Å². The maximum atomic E-state index is 10.6. The molecule has 5 nitrogen and oxygen atoms in total. The zero-order chi connectivity index (χ0) is 12.1. The third kappa shape index (κ3) is 3.13. The standard InChI is InChI=1S/C11H16N2O3/c1-7(12)8-3-4-9(10(5-8)15-2)16-6-11(13)14/h3-5,7H,6,12H2,1-2H3,(H2,13,14). The third-order valence-corrected chi connectivity index (χ3v) is 2.08. The highest BCUT2D eigenvalue weighted by Gasteiger charge is 2.08. The summed E-state index contributed by atoms with van der Waals surface area (Å²) in [6.07, 6.45) is 0. The molecule has 4 N–H and O–H groups in total. The normalized spacial score (nSPS) is 11.9. The Morgan fingerprint density at radius 1 is 1.44 bits per heavy atom. The highest BCUT2D eigenvalue weighted by molar-refractivity contribution is 5.75. The Labute approximate surface area is 94.3 Å². The zero-order valence-electron chi connectivity index (χ0n) is 9.40. The first kappa shape index (κ1) is 12.3. The molecule has 0 saturated carbocycles. The Hall–Kier alpha value is -1.75. The molecule has 0 spiro atoms. The van der Waals surface area contributed by atoms with Crippen molar-refractivity contribution in [2.75, 3.05) is 13.7 Å².